The Morgan fingerprint density at radius 3 is 1.80 bits per heavy atom. The second kappa shape index (κ2) is 5.86. The topological polar surface area (TPSA) is 57.9 Å². The molecule has 4 heteroatoms. The van der Waals surface area contributed by atoms with E-state index >= 15 is 0 Å². The molecule has 146 valence electrons. The lowest BCUT2D eigenvalue weighted by atomic mass is 9.77. The largest absolute Gasteiger partial charge is 0.440 e. The van der Waals surface area contributed by atoms with Crippen molar-refractivity contribution in [2.24, 2.45) is 0 Å². The average molecular weight is 392 g/mol. The first-order valence-electron chi connectivity index (χ1n) is 10.1. The number of carbonyl (C=O) groups excluding carboxylic acids is 1. The molecule has 0 amide bonds. The molecule has 0 radical (unpaired) electrons. The molecule has 0 bridgehead atoms. The summed E-state index contributed by atoms with van der Waals surface area (Å²) in [5.74, 6) is -0.292. The van der Waals surface area contributed by atoms with Gasteiger partial charge in [-0.05, 0) is 32.0 Å². The van der Waals surface area contributed by atoms with Crippen LogP contribution in [0.2, 0.25) is 0 Å². The molecule has 1 aliphatic heterocycles. The van der Waals surface area contributed by atoms with Crippen LogP contribution in [-0.2, 0) is 10.3 Å². The van der Waals surface area contributed by atoms with Gasteiger partial charge in [-0.3, -0.25) is 0 Å². The van der Waals surface area contributed by atoms with Crippen molar-refractivity contribution in [2.75, 3.05) is 0 Å². The molecular formula is C26H20N2O2. The van der Waals surface area contributed by atoms with E-state index in [1.165, 1.54) is 0 Å². The first kappa shape index (κ1) is 17.1. The van der Waals surface area contributed by atoms with E-state index < -0.39 is 5.60 Å². The van der Waals surface area contributed by atoms with Gasteiger partial charge in [-0.1, -0.05) is 54.6 Å². The van der Waals surface area contributed by atoms with Gasteiger partial charge in [-0.15, -0.1) is 0 Å². The van der Waals surface area contributed by atoms with Crippen LogP contribution in [0.3, 0.4) is 0 Å². The normalized spacial score (nSPS) is 14.9. The quantitative estimate of drug-likeness (QED) is 0.377. The molecule has 0 saturated heterocycles. The van der Waals surface area contributed by atoms with Crippen LogP contribution in [0.5, 0.6) is 0 Å². The number of hydrogen-bond acceptors (Lipinski definition) is 2. The monoisotopic (exact) mass is 392 g/mol. The highest BCUT2D eigenvalue weighted by atomic mass is 16.6. The molecule has 0 unspecified atom stereocenters. The molecule has 6 rings (SSSR count). The first-order valence-corrected chi connectivity index (χ1v) is 10.1. The Morgan fingerprint density at radius 2 is 1.20 bits per heavy atom. The van der Waals surface area contributed by atoms with Crippen molar-refractivity contribution in [3.05, 3.63) is 106 Å². The summed E-state index contributed by atoms with van der Waals surface area (Å²) >= 11 is 0. The minimum Gasteiger partial charge on any atom is -0.440 e. The summed E-state index contributed by atoms with van der Waals surface area (Å²) < 4.78 is 6.41. The number of aromatic nitrogens is 2. The fraction of sp³-hybridized carbons (Fsp3) is 0.115. The average Bonchev–Trinajstić information content (AvgIpc) is 3.37. The number of carbonyl (C=O) groups is 1. The Morgan fingerprint density at radius 1 is 0.700 bits per heavy atom. The summed E-state index contributed by atoms with van der Waals surface area (Å²) in [6.45, 7) is 4.10. The number of hydrogen-bond donors (Lipinski definition) is 2. The van der Waals surface area contributed by atoms with Gasteiger partial charge >= 0.3 is 5.97 Å². The standard InChI is InChI=1S/C26H20N2O2/c1-15-23(18-10-4-7-13-21(18)27-15)26(20-12-6-3-9-17(20)25(29)30-26)24-16(2)28-22-14-8-5-11-19(22)24/h3-14,27-28H,1-2H3. The zero-order valence-electron chi connectivity index (χ0n) is 16.7. The van der Waals surface area contributed by atoms with E-state index in [2.05, 4.69) is 48.1 Å². The Hall–Kier alpha value is -3.79. The minimum atomic E-state index is -1.03. The molecule has 1 aliphatic rings. The minimum absolute atomic E-state index is 0.292. The van der Waals surface area contributed by atoms with Crippen molar-refractivity contribution < 1.29 is 9.53 Å². The second-order valence-corrected chi connectivity index (χ2v) is 7.96. The lowest BCUT2D eigenvalue weighted by Crippen LogP contribution is -2.31. The van der Waals surface area contributed by atoms with Crippen LogP contribution >= 0.6 is 0 Å². The highest BCUT2D eigenvalue weighted by molar-refractivity contribution is 6.00. The number of fused-ring (bicyclic) bond motifs is 3. The molecule has 0 aliphatic carbocycles. The van der Waals surface area contributed by atoms with E-state index in [1.54, 1.807) is 0 Å². The molecule has 4 nitrogen and oxygen atoms in total. The van der Waals surface area contributed by atoms with E-state index in [4.69, 9.17) is 4.74 Å². The number of aromatic amines is 2. The van der Waals surface area contributed by atoms with E-state index in [-0.39, 0.29) is 5.97 Å². The maximum atomic E-state index is 13.1. The molecule has 0 fully saturated rings. The Labute approximate surface area is 173 Å². The van der Waals surface area contributed by atoms with Gasteiger partial charge in [0.2, 0.25) is 0 Å². The summed E-state index contributed by atoms with van der Waals surface area (Å²) in [5, 5.41) is 2.12. The van der Waals surface area contributed by atoms with Gasteiger partial charge in [0.05, 0.1) is 5.56 Å². The lowest BCUT2D eigenvalue weighted by molar-refractivity contribution is 0.0257. The highest BCUT2D eigenvalue weighted by Crippen LogP contribution is 2.52. The SMILES string of the molecule is Cc1[nH]c2ccccc2c1C1(c2c(C)[nH]c3ccccc23)OC(=O)c2ccccc21. The molecule has 3 aromatic carbocycles. The van der Waals surface area contributed by atoms with Crippen molar-refractivity contribution in [1.82, 2.24) is 9.97 Å². The molecule has 5 aromatic rings. The van der Waals surface area contributed by atoms with Gasteiger partial charge in [0.15, 0.2) is 5.60 Å². The van der Waals surface area contributed by atoms with Crippen LogP contribution in [0.4, 0.5) is 0 Å². The van der Waals surface area contributed by atoms with Crippen LogP contribution in [0, 0.1) is 13.8 Å². The Bertz CT molecular complexity index is 1390. The first-order chi connectivity index (χ1) is 14.6. The maximum absolute atomic E-state index is 13.1. The lowest BCUT2D eigenvalue weighted by Gasteiger charge is -2.31. The van der Waals surface area contributed by atoms with Crippen molar-refractivity contribution in [3.8, 4) is 0 Å². The fourth-order valence-corrected chi connectivity index (χ4v) is 5.17. The van der Waals surface area contributed by atoms with Gasteiger partial charge in [-0.2, -0.15) is 0 Å². The predicted molar refractivity (Wildman–Crippen MR) is 118 cm³/mol. The molecule has 2 aromatic heterocycles. The Kier molecular flexibility index (Phi) is 3.34. The van der Waals surface area contributed by atoms with Gasteiger partial charge in [0.1, 0.15) is 0 Å². The maximum Gasteiger partial charge on any atom is 0.340 e. The van der Waals surface area contributed by atoms with Crippen LogP contribution in [0.1, 0.15) is 38.4 Å². The molecule has 2 N–H and O–H groups in total. The van der Waals surface area contributed by atoms with Crippen LogP contribution < -0.4 is 0 Å². The molecular weight excluding hydrogens is 372 g/mol. The van der Waals surface area contributed by atoms with Crippen molar-refractivity contribution >= 4 is 27.8 Å². The third-order valence-electron chi connectivity index (χ3n) is 6.26. The number of para-hydroxylation sites is 2. The molecule has 30 heavy (non-hydrogen) atoms. The van der Waals surface area contributed by atoms with E-state index in [0.29, 0.717) is 5.56 Å². The number of aryl methyl sites for hydroxylation is 2. The van der Waals surface area contributed by atoms with Gasteiger partial charge in [0, 0.05) is 49.9 Å². The van der Waals surface area contributed by atoms with Crippen molar-refractivity contribution in [1.29, 1.82) is 0 Å². The smallest absolute Gasteiger partial charge is 0.340 e. The van der Waals surface area contributed by atoms with E-state index in [0.717, 1.165) is 49.9 Å². The van der Waals surface area contributed by atoms with Crippen molar-refractivity contribution in [2.45, 2.75) is 19.4 Å². The van der Waals surface area contributed by atoms with E-state index in [9.17, 15) is 4.79 Å². The van der Waals surface area contributed by atoms with Crippen LogP contribution in [-0.4, -0.2) is 15.9 Å². The third-order valence-corrected chi connectivity index (χ3v) is 6.26. The third kappa shape index (κ3) is 2.03. The summed E-state index contributed by atoms with van der Waals surface area (Å²) in [7, 11) is 0. The predicted octanol–water partition coefficient (Wildman–Crippen LogP) is 5.73. The second-order valence-electron chi connectivity index (χ2n) is 7.96. The number of esters is 1. The Balaban J connectivity index is 1.84. The number of nitrogens with one attached hydrogen (secondary N) is 2. The van der Waals surface area contributed by atoms with E-state index in [1.807, 2.05) is 48.5 Å². The summed E-state index contributed by atoms with van der Waals surface area (Å²) in [6.07, 6.45) is 0. The van der Waals surface area contributed by atoms with Crippen molar-refractivity contribution in [3.63, 3.8) is 0 Å². The zero-order chi connectivity index (χ0) is 20.5. The summed E-state index contributed by atoms with van der Waals surface area (Å²) in [5.41, 5.74) is 6.50. The molecule has 3 heterocycles. The summed E-state index contributed by atoms with van der Waals surface area (Å²) in [4.78, 5) is 20.1. The summed E-state index contributed by atoms with van der Waals surface area (Å²) in [6, 6.07) is 24.1. The molecule has 0 spiro atoms. The molecule has 0 atom stereocenters. The van der Waals surface area contributed by atoms with Crippen LogP contribution in [0.25, 0.3) is 21.8 Å². The molecule has 0 saturated carbocycles. The highest BCUT2D eigenvalue weighted by Gasteiger charge is 2.52. The number of H-pyrrole nitrogens is 2. The number of benzene rings is 3. The number of cyclic esters (lactones) is 1. The van der Waals surface area contributed by atoms with Crippen LogP contribution in [0.15, 0.2) is 72.8 Å². The van der Waals surface area contributed by atoms with Gasteiger partial charge < -0.3 is 14.7 Å². The van der Waals surface area contributed by atoms with Gasteiger partial charge in [0.25, 0.3) is 0 Å². The zero-order valence-corrected chi connectivity index (χ0v) is 16.7. The number of ether oxygens (including phenoxy) is 1. The fourth-order valence-electron chi connectivity index (χ4n) is 5.17. The number of rotatable bonds is 2. The van der Waals surface area contributed by atoms with Gasteiger partial charge in [-0.25, -0.2) is 4.79 Å².